The fourth-order valence-corrected chi connectivity index (χ4v) is 8.17. The number of para-hydroxylation sites is 1. The lowest BCUT2D eigenvalue weighted by atomic mass is 9.68. The summed E-state index contributed by atoms with van der Waals surface area (Å²) in [6, 6.07) is 25.7. The van der Waals surface area contributed by atoms with Crippen molar-refractivity contribution < 1.29 is 4.74 Å². The van der Waals surface area contributed by atoms with Crippen molar-refractivity contribution in [1.82, 2.24) is 19.3 Å². The predicted molar refractivity (Wildman–Crippen MR) is 199 cm³/mol. The van der Waals surface area contributed by atoms with E-state index in [9.17, 15) is 0 Å². The van der Waals surface area contributed by atoms with Crippen LogP contribution in [0, 0.1) is 32.6 Å². The number of aryl methyl sites for hydroxylation is 3. The molecule has 0 radical (unpaired) electrons. The SMILES string of the molecule is CCC1=CC(CC)C[C@H](CC)[C@@H]1c1c(C)nn(-c2cc(CC)cc(Oc3ccc4c5ccccc5n(-c5cc(C)ccn5)c4c3)c2)c1C. The molecule has 6 aromatic rings. The van der Waals surface area contributed by atoms with Gasteiger partial charge in [0.1, 0.15) is 17.3 Å². The third kappa shape index (κ3) is 5.63. The summed E-state index contributed by atoms with van der Waals surface area (Å²) in [5.74, 6) is 4.28. The van der Waals surface area contributed by atoms with Crippen molar-refractivity contribution in [3.63, 3.8) is 0 Å². The van der Waals surface area contributed by atoms with Crippen LogP contribution >= 0.6 is 0 Å². The minimum absolute atomic E-state index is 0.433. The van der Waals surface area contributed by atoms with Crippen LogP contribution in [0.15, 0.2) is 90.6 Å². The van der Waals surface area contributed by atoms with Crippen molar-refractivity contribution in [2.75, 3.05) is 0 Å². The standard InChI is InChI=1S/C43H48N4O/c1-8-30-21-32(10-3)43(33(11-4)22-30)42-28(6)45-47(29(42)7)34-23-31(9-2)24-36(25-34)48-35-16-17-38-37-14-12-13-15-39(37)46(40(38)26-35)41-20-27(5)18-19-44-41/h12-21,23-26,30,33,43H,8-11,22H2,1-7H3/t30?,33-,43+/m0/s1. The van der Waals surface area contributed by atoms with Crippen molar-refractivity contribution in [3.8, 4) is 23.0 Å². The molecule has 0 saturated carbocycles. The van der Waals surface area contributed by atoms with E-state index in [1.54, 1.807) is 5.57 Å². The molecule has 3 aromatic heterocycles. The first kappa shape index (κ1) is 31.9. The number of nitrogens with zero attached hydrogens (tertiary/aromatic N) is 4. The Labute approximate surface area is 285 Å². The Balaban J connectivity index is 1.29. The topological polar surface area (TPSA) is 44.9 Å². The maximum atomic E-state index is 6.70. The number of ether oxygens (including phenoxy) is 1. The molecular weight excluding hydrogens is 589 g/mol. The van der Waals surface area contributed by atoms with E-state index in [0.29, 0.717) is 17.8 Å². The van der Waals surface area contributed by atoms with Crippen LogP contribution in [0.4, 0.5) is 0 Å². The summed E-state index contributed by atoms with van der Waals surface area (Å²) < 4.78 is 11.1. The largest absolute Gasteiger partial charge is 0.457 e. The van der Waals surface area contributed by atoms with E-state index in [2.05, 4.69) is 131 Å². The van der Waals surface area contributed by atoms with Gasteiger partial charge >= 0.3 is 0 Å². The van der Waals surface area contributed by atoms with Crippen molar-refractivity contribution in [2.24, 2.45) is 11.8 Å². The van der Waals surface area contributed by atoms with Crippen LogP contribution < -0.4 is 4.74 Å². The number of fused-ring (bicyclic) bond motifs is 3. The van der Waals surface area contributed by atoms with Crippen LogP contribution in [-0.2, 0) is 6.42 Å². The number of hydrogen-bond acceptors (Lipinski definition) is 3. The summed E-state index contributed by atoms with van der Waals surface area (Å²) in [5, 5.41) is 7.58. The molecule has 0 bridgehead atoms. The number of pyridine rings is 1. The lowest BCUT2D eigenvalue weighted by Crippen LogP contribution is -2.24. The molecule has 3 atom stereocenters. The van der Waals surface area contributed by atoms with Crippen LogP contribution in [0.3, 0.4) is 0 Å². The third-order valence-electron chi connectivity index (χ3n) is 10.7. The monoisotopic (exact) mass is 636 g/mol. The first-order valence-corrected chi connectivity index (χ1v) is 17.9. The minimum Gasteiger partial charge on any atom is -0.457 e. The average Bonchev–Trinajstić information content (AvgIpc) is 3.59. The highest BCUT2D eigenvalue weighted by molar-refractivity contribution is 6.09. The molecule has 0 spiro atoms. The summed E-state index contributed by atoms with van der Waals surface area (Å²) in [4.78, 5) is 4.75. The van der Waals surface area contributed by atoms with Crippen LogP contribution in [0.5, 0.6) is 11.5 Å². The Morgan fingerprint density at radius 1 is 0.792 bits per heavy atom. The molecule has 0 amide bonds. The second-order valence-electron chi connectivity index (χ2n) is 13.7. The smallest absolute Gasteiger partial charge is 0.137 e. The number of benzene rings is 3. The van der Waals surface area contributed by atoms with E-state index in [1.165, 1.54) is 52.4 Å². The van der Waals surface area contributed by atoms with Gasteiger partial charge in [-0.05, 0) is 112 Å². The van der Waals surface area contributed by atoms with Crippen LogP contribution in [0.2, 0.25) is 0 Å². The quantitative estimate of drug-likeness (QED) is 0.148. The van der Waals surface area contributed by atoms with E-state index in [-0.39, 0.29) is 0 Å². The van der Waals surface area contributed by atoms with Crippen molar-refractivity contribution in [3.05, 3.63) is 119 Å². The van der Waals surface area contributed by atoms with Crippen LogP contribution in [0.25, 0.3) is 33.3 Å². The first-order valence-electron chi connectivity index (χ1n) is 17.9. The fraction of sp³-hybridized carbons (Fsp3) is 0.349. The summed E-state index contributed by atoms with van der Waals surface area (Å²) in [7, 11) is 0. The van der Waals surface area contributed by atoms with Gasteiger partial charge in [0.05, 0.1) is 22.4 Å². The van der Waals surface area contributed by atoms with E-state index < -0.39 is 0 Å². The van der Waals surface area contributed by atoms with Gasteiger partial charge in [0.25, 0.3) is 0 Å². The van der Waals surface area contributed by atoms with Gasteiger partial charge in [-0.2, -0.15) is 5.10 Å². The van der Waals surface area contributed by atoms with Gasteiger partial charge in [-0.25, -0.2) is 9.67 Å². The molecule has 1 unspecified atom stereocenters. The summed E-state index contributed by atoms with van der Waals surface area (Å²) in [5.41, 5.74) is 11.0. The van der Waals surface area contributed by atoms with Crippen molar-refractivity contribution in [1.29, 1.82) is 0 Å². The van der Waals surface area contributed by atoms with Gasteiger partial charge in [0.15, 0.2) is 0 Å². The molecule has 0 fully saturated rings. The van der Waals surface area contributed by atoms with Crippen LogP contribution in [0.1, 0.15) is 87.4 Å². The molecule has 1 aliphatic rings. The van der Waals surface area contributed by atoms with Crippen molar-refractivity contribution >= 4 is 21.8 Å². The number of allylic oxidation sites excluding steroid dienone is 2. The second-order valence-corrected chi connectivity index (χ2v) is 13.7. The summed E-state index contributed by atoms with van der Waals surface area (Å²) in [6.45, 7) is 15.8. The molecule has 0 N–H and O–H groups in total. The lowest BCUT2D eigenvalue weighted by molar-refractivity contribution is 0.330. The zero-order valence-corrected chi connectivity index (χ0v) is 29.5. The molecule has 5 heteroatoms. The maximum Gasteiger partial charge on any atom is 0.137 e. The molecular formula is C43H48N4O. The Morgan fingerprint density at radius 2 is 1.60 bits per heavy atom. The van der Waals surface area contributed by atoms with Gasteiger partial charge in [-0.15, -0.1) is 0 Å². The van der Waals surface area contributed by atoms with Crippen molar-refractivity contribution in [2.45, 2.75) is 86.5 Å². The van der Waals surface area contributed by atoms with Gasteiger partial charge in [0.2, 0.25) is 0 Å². The van der Waals surface area contributed by atoms with Gasteiger partial charge in [-0.1, -0.05) is 64.0 Å². The zero-order chi connectivity index (χ0) is 33.5. The fourth-order valence-electron chi connectivity index (χ4n) is 8.17. The molecule has 5 nitrogen and oxygen atoms in total. The molecule has 0 saturated heterocycles. The molecule has 246 valence electrons. The van der Waals surface area contributed by atoms with E-state index in [4.69, 9.17) is 14.8 Å². The summed E-state index contributed by atoms with van der Waals surface area (Å²) in [6.07, 6.45) is 10.1. The molecule has 48 heavy (non-hydrogen) atoms. The Morgan fingerprint density at radius 3 is 2.35 bits per heavy atom. The van der Waals surface area contributed by atoms with Crippen LogP contribution in [-0.4, -0.2) is 19.3 Å². The van der Waals surface area contributed by atoms with E-state index in [0.717, 1.165) is 52.6 Å². The van der Waals surface area contributed by atoms with E-state index in [1.807, 2.05) is 12.3 Å². The lowest BCUT2D eigenvalue weighted by Gasteiger charge is -2.36. The van der Waals surface area contributed by atoms with Gasteiger partial charge < -0.3 is 4.74 Å². The molecule has 1 aliphatic carbocycles. The highest BCUT2D eigenvalue weighted by Gasteiger charge is 2.34. The molecule has 7 rings (SSSR count). The van der Waals surface area contributed by atoms with Gasteiger partial charge in [-0.3, -0.25) is 4.57 Å². The third-order valence-corrected chi connectivity index (χ3v) is 10.7. The Bertz CT molecular complexity index is 2150. The molecule has 0 aliphatic heterocycles. The minimum atomic E-state index is 0.433. The highest BCUT2D eigenvalue weighted by atomic mass is 16.5. The number of rotatable bonds is 9. The van der Waals surface area contributed by atoms with E-state index >= 15 is 0 Å². The molecule has 3 heterocycles. The second kappa shape index (κ2) is 13.1. The maximum absolute atomic E-state index is 6.70. The number of aromatic nitrogens is 4. The molecule has 3 aromatic carbocycles. The Hall–Kier alpha value is -4.64. The Kier molecular flexibility index (Phi) is 8.72. The average molecular weight is 637 g/mol. The normalized spacial score (nSPS) is 18.1. The zero-order valence-electron chi connectivity index (χ0n) is 29.5. The number of hydrogen-bond donors (Lipinski definition) is 0. The van der Waals surface area contributed by atoms with Gasteiger partial charge in [0, 0.05) is 46.3 Å². The summed E-state index contributed by atoms with van der Waals surface area (Å²) >= 11 is 0. The first-order chi connectivity index (χ1) is 23.3. The predicted octanol–water partition coefficient (Wildman–Crippen LogP) is 11.5. The highest BCUT2D eigenvalue weighted by Crippen LogP contribution is 2.46.